The third kappa shape index (κ3) is 2.72. The zero-order chi connectivity index (χ0) is 14.0. The number of nitrogens with zero attached hydrogens (tertiary/aromatic N) is 1. The lowest BCUT2D eigenvalue weighted by Gasteiger charge is -2.36. The number of piperidine rings is 1. The SMILES string of the molecule is NC(=O)C1CCCCN1C(=O)C1CCCC1C(=O)O. The molecular weight excluding hydrogens is 248 g/mol. The fourth-order valence-corrected chi connectivity index (χ4v) is 3.26. The third-order valence-electron chi connectivity index (χ3n) is 4.26. The molecule has 2 rings (SSSR count). The molecule has 2 amide bonds. The number of amides is 2. The molecule has 6 nitrogen and oxygen atoms in total. The molecule has 0 spiro atoms. The van der Waals surface area contributed by atoms with Crippen LogP contribution in [-0.2, 0) is 14.4 Å². The van der Waals surface area contributed by atoms with Crippen LogP contribution in [-0.4, -0.2) is 40.4 Å². The van der Waals surface area contributed by atoms with Crippen LogP contribution in [0, 0.1) is 11.8 Å². The predicted molar refractivity (Wildman–Crippen MR) is 67.0 cm³/mol. The van der Waals surface area contributed by atoms with Crippen molar-refractivity contribution >= 4 is 17.8 Å². The summed E-state index contributed by atoms with van der Waals surface area (Å²) in [5.74, 6) is -2.70. The van der Waals surface area contributed by atoms with E-state index in [1.807, 2.05) is 0 Å². The zero-order valence-corrected chi connectivity index (χ0v) is 10.9. The first-order valence-electron chi connectivity index (χ1n) is 6.85. The predicted octanol–water partition coefficient (Wildman–Crippen LogP) is 0.354. The fourth-order valence-electron chi connectivity index (χ4n) is 3.26. The van der Waals surface area contributed by atoms with Gasteiger partial charge in [-0.3, -0.25) is 14.4 Å². The van der Waals surface area contributed by atoms with E-state index in [-0.39, 0.29) is 5.91 Å². The second kappa shape index (κ2) is 5.59. The first kappa shape index (κ1) is 13.8. The van der Waals surface area contributed by atoms with E-state index in [2.05, 4.69) is 0 Å². The minimum absolute atomic E-state index is 0.201. The quantitative estimate of drug-likeness (QED) is 0.771. The van der Waals surface area contributed by atoms with Crippen LogP contribution in [0.3, 0.4) is 0 Å². The molecule has 6 heteroatoms. The van der Waals surface area contributed by atoms with E-state index in [1.54, 1.807) is 0 Å². The van der Waals surface area contributed by atoms with Crippen molar-refractivity contribution in [1.82, 2.24) is 4.90 Å². The number of carbonyl (C=O) groups is 3. The summed E-state index contributed by atoms with van der Waals surface area (Å²) in [4.78, 5) is 36.6. The summed E-state index contributed by atoms with van der Waals surface area (Å²) in [6.07, 6.45) is 4.21. The summed E-state index contributed by atoms with van der Waals surface area (Å²) in [6.45, 7) is 0.509. The topological polar surface area (TPSA) is 101 Å². The number of carbonyl (C=O) groups excluding carboxylic acids is 2. The smallest absolute Gasteiger partial charge is 0.307 e. The van der Waals surface area contributed by atoms with Crippen LogP contribution in [0.25, 0.3) is 0 Å². The molecule has 1 aliphatic heterocycles. The van der Waals surface area contributed by atoms with Gasteiger partial charge in [0.25, 0.3) is 0 Å². The van der Waals surface area contributed by atoms with E-state index in [9.17, 15) is 14.4 Å². The first-order chi connectivity index (χ1) is 9.02. The van der Waals surface area contributed by atoms with Crippen LogP contribution in [0.1, 0.15) is 38.5 Å². The molecule has 0 bridgehead atoms. The molecule has 1 heterocycles. The van der Waals surface area contributed by atoms with Gasteiger partial charge in [0, 0.05) is 6.54 Å². The van der Waals surface area contributed by atoms with Gasteiger partial charge in [0.15, 0.2) is 0 Å². The molecular formula is C13H20N2O4. The van der Waals surface area contributed by atoms with E-state index in [0.29, 0.717) is 25.8 Å². The highest BCUT2D eigenvalue weighted by atomic mass is 16.4. The highest BCUT2D eigenvalue weighted by molar-refractivity contribution is 5.90. The van der Waals surface area contributed by atoms with Crippen LogP contribution in [0.2, 0.25) is 0 Å². The first-order valence-corrected chi connectivity index (χ1v) is 6.85. The summed E-state index contributed by atoms with van der Waals surface area (Å²) >= 11 is 0. The van der Waals surface area contributed by atoms with E-state index in [4.69, 9.17) is 10.8 Å². The Morgan fingerprint density at radius 2 is 1.68 bits per heavy atom. The number of hydrogen-bond acceptors (Lipinski definition) is 3. The Balaban J connectivity index is 2.13. The third-order valence-corrected chi connectivity index (χ3v) is 4.26. The number of rotatable bonds is 3. The lowest BCUT2D eigenvalue weighted by Crippen LogP contribution is -2.53. The molecule has 1 saturated carbocycles. The maximum atomic E-state index is 12.5. The molecule has 0 radical (unpaired) electrons. The molecule has 19 heavy (non-hydrogen) atoms. The van der Waals surface area contributed by atoms with Crippen LogP contribution in [0.4, 0.5) is 0 Å². The molecule has 3 atom stereocenters. The van der Waals surface area contributed by atoms with Crippen molar-refractivity contribution in [1.29, 1.82) is 0 Å². The Bertz CT molecular complexity index is 396. The van der Waals surface area contributed by atoms with Crippen LogP contribution >= 0.6 is 0 Å². The number of likely N-dealkylation sites (tertiary alicyclic amines) is 1. The summed E-state index contributed by atoms with van der Waals surface area (Å²) in [6, 6.07) is -0.559. The van der Waals surface area contributed by atoms with E-state index in [1.165, 1.54) is 4.90 Å². The highest BCUT2D eigenvalue weighted by Gasteiger charge is 2.42. The van der Waals surface area contributed by atoms with Gasteiger partial charge >= 0.3 is 5.97 Å². The lowest BCUT2D eigenvalue weighted by atomic mass is 9.92. The van der Waals surface area contributed by atoms with E-state index < -0.39 is 29.8 Å². The molecule has 106 valence electrons. The number of carboxylic acids is 1. The van der Waals surface area contributed by atoms with E-state index in [0.717, 1.165) is 19.3 Å². The standard InChI is InChI=1S/C13H20N2O4/c14-11(16)10-6-1-2-7-15(10)12(17)8-4-3-5-9(8)13(18)19/h8-10H,1-7H2,(H2,14,16)(H,18,19). The minimum atomic E-state index is -0.913. The van der Waals surface area contributed by atoms with Gasteiger partial charge in [-0.15, -0.1) is 0 Å². The van der Waals surface area contributed by atoms with Crippen molar-refractivity contribution < 1.29 is 19.5 Å². The number of aliphatic carboxylic acids is 1. The Morgan fingerprint density at radius 3 is 2.32 bits per heavy atom. The van der Waals surface area contributed by atoms with Crippen LogP contribution < -0.4 is 5.73 Å². The second-order valence-electron chi connectivity index (χ2n) is 5.43. The Kier molecular flexibility index (Phi) is 4.07. The van der Waals surface area contributed by atoms with Gasteiger partial charge in [0.1, 0.15) is 6.04 Å². The van der Waals surface area contributed by atoms with Gasteiger partial charge in [-0.05, 0) is 32.1 Å². The molecule has 0 aromatic rings. The molecule has 1 saturated heterocycles. The molecule has 2 aliphatic rings. The van der Waals surface area contributed by atoms with Crippen molar-refractivity contribution in [3.63, 3.8) is 0 Å². The Labute approximate surface area is 111 Å². The van der Waals surface area contributed by atoms with Gasteiger partial charge in [-0.2, -0.15) is 0 Å². The normalized spacial score (nSPS) is 31.2. The maximum absolute atomic E-state index is 12.5. The zero-order valence-electron chi connectivity index (χ0n) is 10.9. The van der Waals surface area contributed by atoms with Gasteiger partial charge in [-0.1, -0.05) is 6.42 Å². The average molecular weight is 268 g/mol. The molecule has 3 unspecified atom stereocenters. The molecule has 1 aliphatic carbocycles. The Hall–Kier alpha value is -1.59. The van der Waals surface area contributed by atoms with Crippen molar-refractivity contribution in [2.75, 3.05) is 6.54 Å². The fraction of sp³-hybridized carbons (Fsp3) is 0.769. The summed E-state index contributed by atoms with van der Waals surface area (Å²) < 4.78 is 0. The summed E-state index contributed by atoms with van der Waals surface area (Å²) in [5, 5.41) is 9.14. The highest BCUT2D eigenvalue weighted by Crippen LogP contribution is 2.34. The average Bonchev–Trinajstić information content (AvgIpc) is 2.87. The van der Waals surface area contributed by atoms with E-state index >= 15 is 0 Å². The maximum Gasteiger partial charge on any atom is 0.307 e. The van der Waals surface area contributed by atoms with Crippen molar-refractivity contribution in [2.24, 2.45) is 17.6 Å². The second-order valence-corrected chi connectivity index (χ2v) is 5.43. The van der Waals surface area contributed by atoms with Gasteiger partial charge in [0.2, 0.25) is 11.8 Å². The van der Waals surface area contributed by atoms with Gasteiger partial charge in [0.05, 0.1) is 11.8 Å². The van der Waals surface area contributed by atoms with Crippen LogP contribution in [0.15, 0.2) is 0 Å². The molecule has 0 aromatic heterocycles. The lowest BCUT2D eigenvalue weighted by molar-refractivity contribution is -0.152. The van der Waals surface area contributed by atoms with Gasteiger partial charge < -0.3 is 15.7 Å². The van der Waals surface area contributed by atoms with Crippen molar-refractivity contribution in [3.05, 3.63) is 0 Å². The largest absolute Gasteiger partial charge is 0.481 e. The van der Waals surface area contributed by atoms with Crippen molar-refractivity contribution in [3.8, 4) is 0 Å². The van der Waals surface area contributed by atoms with Crippen LogP contribution in [0.5, 0.6) is 0 Å². The number of hydrogen-bond donors (Lipinski definition) is 2. The monoisotopic (exact) mass is 268 g/mol. The minimum Gasteiger partial charge on any atom is -0.481 e. The summed E-state index contributed by atoms with van der Waals surface area (Å²) in [5.41, 5.74) is 5.34. The molecule has 0 aromatic carbocycles. The van der Waals surface area contributed by atoms with Crippen molar-refractivity contribution in [2.45, 2.75) is 44.6 Å². The number of primary amides is 1. The molecule has 2 fully saturated rings. The van der Waals surface area contributed by atoms with Gasteiger partial charge in [-0.25, -0.2) is 0 Å². The molecule has 3 N–H and O–H groups in total. The summed E-state index contributed by atoms with van der Waals surface area (Å²) in [7, 11) is 0. The Morgan fingerprint density at radius 1 is 1.00 bits per heavy atom. The number of carboxylic acid groups (broad SMARTS) is 1. The number of nitrogens with two attached hydrogens (primary N) is 1.